The number of likely N-dealkylation sites (tertiary alicyclic amines) is 1. The largest absolute Gasteiger partial charge is 0.464 e. The molecular formula is C24H29N3O2. The molecule has 1 saturated carbocycles. The lowest BCUT2D eigenvalue weighted by Crippen LogP contribution is -2.40. The van der Waals surface area contributed by atoms with Crippen LogP contribution in [0.3, 0.4) is 0 Å². The summed E-state index contributed by atoms with van der Waals surface area (Å²) in [6.07, 6.45) is 12.1. The first-order valence-electron chi connectivity index (χ1n) is 11.1. The normalized spacial score (nSPS) is 19.2. The minimum absolute atomic E-state index is 0.599. The van der Waals surface area contributed by atoms with E-state index >= 15 is 0 Å². The zero-order valence-electron chi connectivity index (χ0n) is 16.9. The summed E-state index contributed by atoms with van der Waals surface area (Å²) in [4.78, 5) is 7.36. The molecule has 1 aliphatic carbocycles. The fraction of sp³-hybridized carbons (Fsp3) is 0.500. The maximum Gasteiger partial charge on any atom is 0.257 e. The van der Waals surface area contributed by atoms with Gasteiger partial charge in [-0.1, -0.05) is 30.1 Å². The minimum Gasteiger partial charge on any atom is -0.464 e. The molecule has 0 bridgehead atoms. The Balaban J connectivity index is 1.13. The van der Waals surface area contributed by atoms with E-state index < -0.39 is 0 Å². The third-order valence-corrected chi connectivity index (χ3v) is 6.67. The Bertz CT molecular complexity index is 887. The quantitative estimate of drug-likeness (QED) is 0.549. The van der Waals surface area contributed by atoms with E-state index in [-0.39, 0.29) is 0 Å². The molecule has 2 aliphatic rings. The van der Waals surface area contributed by atoms with Crippen molar-refractivity contribution >= 4 is 0 Å². The first-order chi connectivity index (χ1) is 14.3. The van der Waals surface area contributed by atoms with Gasteiger partial charge in [0.25, 0.3) is 5.89 Å². The van der Waals surface area contributed by atoms with Crippen molar-refractivity contribution in [3.63, 3.8) is 0 Å². The van der Waals surface area contributed by atoms with Crippen LogP contribution < -0.4 is 0 Å². The zero-order valence-corrected chi connectivity index (χ0v) is 16.9. The predicted molar refractivity (Wildman–Crippen MR) is 112 cm³/mol. The van der Waals surface area contributed by atoms with Crippen LogP contribution in [0.5, 0.6) is 0 Å². The SMILES string of the molecule is c1coc(-c2ccc(-c3nc(CCC4CCN(C5CCCC5)CC4)no3)cc2)c1. The molecule has 0 atom stereocenters. The molecule has 1 aromatic carbocycles. The highest BCUT2D eigenvalue weighted by molar-refractivity contribution is 5.63. The molecule has 5 heteroatoms. The van der Waals surface area contributed by atoms with Gasteiger partial charge in [0.1, 0.15) is 5.76 Å². The second kappa shape index (κ2) is 8.54. The molecule has 152 valence electrons. The second-order valence-corrected chi connectivity index (χ2v) is 8.53. The fourth-order valence-electron chi connectivity index (χ4n) is 4.90. The number of benzene rings is 1. The summed E-state index contributed by atoms with van der Waals surface area (Å²) in [5.41, 5.74) is 1.99. The standard InChI is InChI=1S/C24H29N3O2/c1-2-5-21(4-1)27-15-13-18(14-16-27)7-12-23-25-24(29-26-23)20-10-8-19(9-11-20)22-6-3-17-28-22/h3,6,8-11,17-18,21H,1-2,4-5,7,12-16H2. The lowest BCUT2D eigenvalue weighted by atomic mass is 9.91. The molecule has 0 spiro atoms. The topological polar surface area (TPSA) is 55.3 Å². The van der Waals surface area contributed by atoms with Crippen LogP contribution in [0, 0.1) is 5.92 Å². The first kappa shape index (κ1) is 18.6. The van der Waals surface area contributed by atoms with Crippen molar-refractivity contribution in [3.8, 4) is 22.8 Å². The van der Waals surface area contributed by atoms with Gasteiger partial charge in [0, 0.05) is 23.6 Å². The number of furan rings is 1. The Morgan fingerprint density at radius 3 is 2.41 bits per heavy atom. The van der Waals surface area contributed by atoms with E-state index in [4.69, 9.17) is 8.94 Å². The van der Waals surface area contributed by atoms with Gasteiger partial charge in [-0.05, 0) is 75.4 Å². The summed E-state index contributed by atoms with van der Waals surface area (Å²) < 4.78 is 11.0. The van der Waals surface area contributed by atoms with Crippen molar-refractivity contribution in [2.45, 2.75) is 57.4 Å². The summed E-state index contributed by atoms with van der Waals surface area (Å²) >= 11 is 0. The van der Waals surface area contributed by atoms with Crippen LogP contribution in [0.4, 0.5) is 0 Å². The Morgan fingerprint density at radius 1 is 0.931 bits per heavy atom. The van der Waals surface area contributed by atoms with Crippen molar-refractivity contribution in [1.29, 1.82) is 0 Å². The molecule has 3 heterocycles. The van der Waals surface area contributed by atoms with E-state index in [1.165, 1.54) is 51.6 Å². The summed E-state index contributed by atoms with van der Waals surface area (Å²) in [7, 11) is 0. The maximum atomic E-state index is 5.51. The van der Waals surface area contributed by atoms with Crippen LogP contribution in [0.15, 0.2) is 51.6 Å². The Morgan fingerprint density at radius 2 is 1.69 bits per heavy atom. The number of hydrogen-bond acceptors (Lipinski definition) is 5. The summed E-state index contributed by atoms with van der Waals surface area (Å²) in [5.74, 6) is 3.08. The highest BCUT2D eigenvalue weighted by Crippen LogP contribution is 2.30. The van der Waals surface area contributed by atoms with Crippen molar-refractivity contribution in [2.75, 3.05) is 13.1 Å². The highest BCUT2D eigenvalue weighted by atomic mass is 16.5. The van der Waals surface area contributed by atoms with Gasteiger partial charge in [-0.25, -0.2) is 0 Å². The van der Waals surface area contributed by atoms with E-state index in [2.05, 4.69) is 15.0 Å². The van der Waals surface area contributed by atoms with E-state index in [1.54, 1.807) is 6.26 Å². The Labute approximate surface area is 172 Å². The van der Waals surface area contributed by atoms with Crippen LogP contribution in [0.1, 0.15) is 50.8 Å². The van der Waals surface area contributed by atoms with Crippen LogP contribution in [0.25, 0.3) is 22.8 Å². The van der Waals surface area contributed by atoms with E-state index in [9.17, 15) is 0 Å². The van der Waals surface area contributed by atoms with Crippen LogP contribution in [-0.4, -0.2) is 34.2 Å². The van der Waals surface area contributed by atoms with Crippen LogP contribution in [-0.2, 0) is 6.42 Å². The molecule has 1 saturated heterocycles. The smallest absolute Gasteiger partial charge is 0.257 e. The summed E-state index contributed by atoms with van der Waals surface area (Å²) in [5, 5.41) is 4.21. The molecule has 0 amide bonds. The Kier molecular flexibility index (Phi) is 5.48. The number of aromatic nitrogens is 2. The lowest BCUT2D eigenvalue weighted by Gasteiger charge is -2.36. The molecule has 5 rings (SSSR count). The van der Waals surface area contributed by atoms with Crippen molar-refractivity contribution in [3.05, 3.63) is 48.5 Å². The van der Waals surface area contributed by atoms with E-state index in [0.29, 0.717) is 5.89 Å². The number of piperidine rings is 1. The number of aryl methyl sites for hydroxylation is 1. The van der Waals surface area contributed by atoms with Gasteiger partial charge < -0.3 is 13.8 Å². The second-order valence-electron chi connectivity index (χ2n) is 8.53. The van der Waals surface area contributed by atoms with Gasteiger partial charge in [-0.15, -0.1) is 0 Å². The molecule has 0 radical (unpaired) electrons. The van der Waals surface area contributed by atoms with Crippen molar-refractivity contribution in [1.82, 2.24) is 15.0 Å². The molecule has 3 aromatic rings. The average molecular weight is 392 g/mol. The third-order valence-electron chi connectivity index (χ3n) is 6.67. The van der Waals surface area contributed by atoms with Crippen molar-refractivity contribution < 1.29 is 8.94 Å². The minimum atomic E-state index is 0.599. The van der Waals surface area contributed by atoms with E-state index in [0.717, 1.165) is 47.5 Å². The first-order valence-corrected chi connectivity index (χ1v) is 11.1. The number of nitrogens with zero attached hydrogens (tertiary/aromatic N) is 3. The fourth-order valence-corrected chi connectivity index (χ4v) is 4.90. The monoisotopic (exact) mass is 391 g/mol. The molecule has 29 heavy (non-hydrogen) atoms. The molecule has 0 N–H and O–H groups in total. The van der Waals surface area contributed by atoms with Gasteiger partial charge in [-0.2, -0.15) is 4.98 Å². The third kappa shape index (κ3) is 4.30. The highest BCUT2D eigenvalue weighted by Gasteiger charge is 2.27. The molecule has 5 nitrogen and oxygen atoms in total. The van der Waals surface area contributed by atoms with Gasteiger partial charge in [-0.3, -0.25) is 0 Å². The zero-order chi connectivity index (χ0) is 19.5. The number of hydrogen-bond donors (Lipinski definition) is 0. The maximum absolute atomic E-state index is 5.51. The summed E-state index contributed by atoms with van der Waals surface area (Å²) in [6, 6.07) is 12.8. The Hall–Kier alpha value is -2.40. The molecule has 0 unspecified atom stereocenters. The lowest BCUT2D eigenvalue weighted by molar-refractivity contribution is 0.131. The van der Waals surface area contributed by atoms with Crippen LogP contribution in [0.2, 0.25) is 0 Å². The van der Waals surface area contributed by atoms with E-state index in [1.807, 2.05) is 36.4 Å². The molecular weight excluding hydrogens is 362 g/mol. The van der Waals surface area contributed by atoms with Crippen molar-refractivity contribution in [2.24, 2.45) is 5.92 Å². The van der Waals surface area contributed by atoms with Gasteiger partial charge in [0.15, 0.2) is 5.82 Å². The number of rotatable bonds is 6. The molecule has 2 fully saturated rings. The summed E-state index contributed by atoms with van der Waals surface area (Å²) in [6.45, 7) is 2.55. The average Bonchev–Trinajstić information content (AvgIpc) is 3.56. The molecule has 2 aromatic heterocycles. The van der Waals surface area contributed by atoms with Gasteiger partial charge in [0.05, 0.1) is 6.26 Å². The molecule has 1 aliphatic heterocycles. The predicted octanol–water partition coefficient (Wildman–Crippen LogP) is 5.58. The van der Waals surface area contributed by atoms with Crippen LogP contribution >= 0.6 is 0 Å². The van der Waals surface area contributed by atoms with Gasteiger partial charge in [0.2, 0.25) is 0 Å². The van der Waals surface area contributed by atoms with Gasteiger partial charge >= 0.3 is 0 Å².